The lowest BCUT2D eigenvalue weighted by Gasteiger charge is -2.20. The van der Waals surface area contributed by atoms with Crippen LogP contribution in [0, 0.1) is 40.7 Å². The van der Waals surface area contributed by atoms with Gasteiger partial charge in [0.1, 0.15) is 11.6 Å². The second kappa shape index (κ2) is 10.4. The average Bonchev–Trinajstić information content (AvgIpc) is 2.84. The molecule has 0 aromatic heterocycles. The van der Waals surface area contributed by atoms with Crippen LogP contribution in [-0.2, 0) is 12.5 Å². The lowest BCUT2D eigenvalue weighted by Crippen LogP contribution is -2.23. The van der Waals surface area contributed by atoms with Crippen molar-refractivity contribution in [2.24, 2.45) is 0 Å². The van der Waals surface area contributed by atoms with Crippen molar-refractivity contribution >= 4 is 0 Å². The monoisotopic (exact) mass is 540 g/mol. The summed E-state index contributed by atoms with van der Waals surface area (Å²) in [4.78, 5) is 0. The van der Waals surface area contributed by atoms with E-state index in [1.165, 1.54) is 12.1 Å². The van der Waals surface area contributed by atoms with Crippen molar-refractivity contribution in [1.82, 2.24) is 0 Å². The first-order valence-corrected chi connectivity index (χ1v) is 11.2. The standard InChI is InChI=1S/C28H17F9O/c1-2-3-14-4-6-18(20(29)8-14)16-11-24(33)27(25(34)12-16)38-28(36,37)17-5-7-19(21(30)13-17)15-9-22(31)26(35)23(32)10-15/h4-13H,2-3H2,1H3. The smallest absolute Gasteiger partial charge is 0.423 e. The molecule has 0 radical (unpaired) electrons. The van der Waals surface area contributed by atoms with Gasteiger partial charge >= 0.3 is 6.11 Å². The Morgan fingerprint density at radius 2 is 1.11 bits per heavy atom. The third-order valence-electron chi connectivity index (χ3n) is 5.71. The second-order valence-corrected chi connectivity index (χ2v) is 8.40. The van der Waals surface area contributed by atoms with E-state index in [9.17, 15) is 39.5 Å². The van der Waals surface area contributed by atoms with E-state index in [2.05, 4.69) is 4.74 Å². The first-order chi connectivity index (χ1) is 17.9. The molecule has 0 unspecified atom stereocenters. The van der Waals surface area contributed by atoms with Crippen LogP contribution in [0.4, 0.5) is 39.5 Å². The van der Waals surface area contributed by atoms with Gasteiger partial charge in [0, 0.05) is 11.1 Å². The van der Waals surface area contributed by atoms with Crippen LogP contribution in [0.5, 0.6) is 5.75 Å². The van der Waals surface area contributed by atoms with Crippen LogP contribution in [0.15, 0.2) is 60.7 Å². The van der Waals surface area contributed by atoms with Gasteiger partial charge in [0.2, 0.25) is 0 Å². The van der Waals surface area contributed by atoms with Crippen molar-refractivity contribution < 1.29 is 44.3 Å². The predicted octanol–water partition coefficient (Wildman–Crippen LogP) is 9.08. The number of aryl methyl sites for hydroxylation is 1. The van der Waals surface area contributed by atoms with Crippen molar-refractivity contribution in [3.63, 3.8) is 0 Å². The molecule has 38 heavy (non-hydrogen) atoms. The highest BCUT2D eigenvalue weighted by Gasteiger charge is 2.37. The highest BCUT2D eigenvalue weighted by atomic mass is 19.3. The Labute approximate surface area is 211 Å². The van der Waals surface area contributed by atoms with Gasteiger partial charge in [-0.3, -0.25) is 0 Å². The summed E-state index contributed by atoms with van der Waals surface area (Å²) in [6.07, 6.45) is -3.13. The molecule has 0 spiro atoms. The highest BCUT2D eigenvalue weighted by Crippen LogP contribution is 2.38. The van der Waals surface area contributed by atoms with E-state index in [1.807, 2.05) is 6.92 Å². The van der Waals surface area contributed by atoms with Crippen LogP contribution < -0.4 is 4.74 Å². The average molecular weight is 540 g/mol. The zero-order valence-electron chi connectivity index (χ0n) is 19.5. The van der Waals surface area contributed by atoms with Crippen LogP contribution in [0.3, 0.4) is 0 Å². The molecule has 0 aliphatic heterocycles. The predicted molar refractivity (Wildman–Crippen MR) is 122 cm³/mol. The Hall–Kier alpha value is -3.95. The number of benzene rings is 4. The zero-order valence-corrected chi connectivity index (χ0v) is 19.5. The minimum Gasteiger partial charge on any atom is -0.423 e. The molecule has 0 bridgehead atoms. The SMILES string of the molecule is CCCc1ccc(-c2cc(F)c(OC(F)(F)c3ccc(-c4cc(F)c(F)c(F)c4)c(F)c3)c(F)c2)c(F)c1. The number of alkyl halides is 2. The summed E-state index contributed by atoms with van der Waals surface area (Å²) < 4.78 is 132. The minimum absolute atomic E-state index is 0.160. The second-order valence-electron chi connectivity index (χ2n) is 8.40. The van der Waals surface area contributed by atoms with Gasteiger partial charge in [0.05, 0.1) is 5.56 Å². The summed E-state index contributed by atoms with van der Waals surface area (Å²) in [6.45, 7) is 1.89. The van der Waals surface area contributed by atoms with E-state index >= 15 is 0 Å². The lowest BCUT2D eigenvalue weighted by atomic mass is 10.0. The molecule has 0 heterocycles. The summed E-state index contributed by atoms with van der Waals surface area (Å²) in [5.74, 6) is -11.8. The van der Waals surface area contributed by atoms with E-state index in [4.69, 9.17) is 0 Å². The van der Waals surface area contributed by atoms with Gasteiger partial charge in [-0.05, 0) is 65.6 Å². The van der Waals surface area contributed by atoms with Gasteiger partial charge in [0.25, 0.3) is 0 Å². The molecule has 0 amide bonds. The fraction of sp³-hybridized carbons (Fsp3) is 0.143. The van der Waals surface area contributed by atoms with E-state index in [1.54, 1.807) is 6.07 Å². The summed E-state index contributed by atoms with van der Waals surface area (Å²) in [6, 6.07) is 7.84. The maximum atomic E-state index is 14.7. The molecule has 0 fully saturated rings. The van der Waals surface area contributed by atoms with Crippen LogP contribution in [0.25, 0.3) is 22.3 Å². The Kier molecular flexibility index (Phi) is 7.44. The lowest BCUT2D eigenvalue weighted by molar-refractivity contribution is -0.188. The normalized spacial score (nSPS) is 11.6. The molecule has 4 rings (SSSR count). The number of ether oxygens (including phenoxy) is 1. The molecule has 1 nitrogen and oxygen atoms in total. The summed E-state index contributed by atoms with van der Waals surface area (Å²) >= 11 is 0. The third kappa shape index (κ3) is 5.34. The summed E-state index contributed by atoms with van der Waals surface area (Å²) in [7, 11) is 0. The van der Waals surface area contributed by atoms with Gasteiger partial charge in [-0.25, -0.2) is 30.7 Å². The van der Waals surface area contributed by atoms with Crippen molar-refractivity contribution in [2.75, 3.05) is 0 Å². The van der Waals surface area contributed by atoms with E-state index < -0.39 is 69.3 Å². The topological polar surface area (TPSA) is 9.23 Å². The summed E-state index contributed by atoms with van der Waals surface area (Å²) in [5, 5.41) is 0. The van der Waals surface area contributed by atoms with Crippen LogP contribution in [0.2, 0.25) is 0 Å². The molecular formula is C28H17F9O. The quantitative estimate of drug-likeness (QED) is 0.168. The Morgan fingerprint density at radius 1 is 0.605 bits per heavy atom. The Bertz CT molecular complexity index is 1470. The Balaban J connectivity index is 1.63. The van der Waals surface area contributed by atoms with Gasteiger partial charge in [0.15, 0.2) is 34.8 Å². The number of halogens is 9. The molecule has 0 saturated heterocycles. The van der Waals surface area contributed by atoms with Crippen molar-refractivity contribution in [3.05, 3.63) is 113 Å². The van der Waals surface area contributed by atoms with Gasteiger partial charge in [-0.2, -0.15) is 8.78 Å². The number of hydrogen-bond acceptors (Lipinski definition) is 1. The van der Waals surface area contributed by atoms with Crippen LogP contribution in [-0.4, -0.2) is 0 Å². The molecule has 0 aliphatic rings. The molecule has 10 heteroatoms. The first kappa shape index (κ1) is 27.1. The van der Waals surface area contributed by atoms with Crippen molar-refractivity contribution in [2.45, 2.75) is 25.9 Å². The third-order valence-corrected chi connectivity index (χ3v) is 5.71. The first-order valence-electron chi connectivity index (χ1n) is 11.2. The highest BCUT2D eigenvalue weighted by molar-refractivity contribution is 5.66. The molecule has 198 valence electrons. The van der Waals surface area contributed by atoms with E-state index in [0.717, 1.165) is 12.5 Å². The van der Waals surface area contributed by atoms with Crippen molar-refractivity contribution in [3.8, 4) is 28.0 Å². The minimum atomic E-state index is -4.46. The molecule has 0 N–H and O–H groups in total. The van der Waals surface area contributed by atoms with Crippen LogP contribution >= 0.6 is 0 Å². The summed E-state index contributed by atoms with van der Waals surface area (Å²) in [5.41, 5.74) is -1.95. The fourth-order valence-corrected chi connectivity index (χ4v) is 3.88. The van der Waals surface area contributed by atoms with Gasteiger partial charge < -0.3 is 4.74 Å². The maximum absolute atomic E-state index is 14.7. The maximum Gasteiger partial charge on any atom is 0.427 e. The molecule has 0 saturated carbocycles. The number of hydrogen-bond donors (Lipinski definition) is 0. The molecular weight excluding hydrogens is 523 g/mol. The van der Waals surface area contributed by atoms with Crippen molar-refractivity contribution in [1.29, 1.82) is 0 Å². The zero-order chi connectivity index (χ0) is 27.8. The fourth-order valence-electron chi connectivity index (χ4n) is 3.88. The molecule has 4 aromatic carbocycles. The van der Waals surface area contributed by atoms with E-state index in [-0.39, 0.29) is 17.2 Å². The largest absolute Gasteiger partial charge is 0.427 e. The van der Waals surface area contributed by atoms with Crippen LogP contribution in [0.1, 0.15) is 24.5 Å². The Morgan fingerprint density at radius 3 is 1.61 bits per heavy atom. The van der Waals surface area contributed by atoms with E-state index in [0.29, 0.717) is 42.3 Å². The molecule has 4 aromatic rings. The molecule has 0 aliphatic carbocycles. The molecule has 0 atom stereocenters. The van der Waals surface area contributed by atoms with Gasteiger partial charge in [-0.15, -0.1) is 0 Å². The van der Waals surface area contributed by atoms with Gasteiger partial charge in [-0.1, -0.05) is 31.5 Å². The number of rotatable bonds is 7.